The molecule has 0 spiro atoms. The van der Waals surface area contributed by atoms with Gasteiger partial charge in [-0.05, 0) is 56.4 Å². The SMILES string of the molecule is CCCC(C)Oc1nc(N(Cc2ccc(OC)cc2OC)Cc2ccc(OC)cc2OC)c2ncc(C(O)C3CCOCC3)n2n1. The Labute approximate surface area is 270 Å². The van der Waals surface area contributed by atoms with Crippen LogP contribution >= 0.6 is 0 Å². The van der Waals surface area contributed by atoms with Crippen LogP contribution in [0.3, 0.4) is 0 Å². The summed E-state index contributed by atoms with van der Waals surface area (Å²) >= 11 is 0. The zero-order valence-corrected chi connectivity index (χ0v) is 27.6. The summed E-state index contributed by atoms with van der Waals surface area (Å²) in [5.74, 6) is 3.28. The molecule has 12 nitrogen and oxygen atoms in total. The van der Waals surface area contributed by atoms with Crippen molar-refractivity contribution in [3.63, 3.8) is 0 Å². The van der Waals surface area contributed by atoms with Gasteiger partial charge in [0, 0.05) is 49.6 Å². The van der Waals surface area contributed by atoms with Crippen LogP contribution in [0.1, 0.15) is 62.5 Å². The van der Waals surface area contributed by atoms with Crippen LogP contribution in [0.25, 0.3) is 5.65 Å². The smallest absolute Gasteiger partial charge is 0.336 e. The third kappa shape index (κ3) is 7.39. The van der Waals surface area contributed by atoms with Crippen molar-refractivity contribution in [2.75, 3.05) is 46.6 Å². The van der Waals surface area contributed by atoms with E-state index in [1.165, 1.54) is 0 Å². The van der Waals surface area contributed by atoms with Crippen molar-refractivity contribution in [3.05, 3.63) is 59.4 Å². The summed E-state index contributed by atoms with van der Waals surface area (Å²) in [4.78, 5) is 11.8. The Morgan fingerprint density at radius 1 is 0.935 bits per heavy atom. The van der Waals surface area contributed by atoms with E-state index in [0.717, 1.165) is 36.8 Å². The number of ether oxygens (including phenoxy) is 6. The highest BCUT2D eigenvalue weighted by Crippen LogP contribution is 2.35. The van der Waals surface area contributed by atoms with E-state index in [0.29, 0.717) is 66.5 Å². The molecular weight excluding hydrogens is 590 g/mol. The van der Waals surface area contributed by atoms with Crippen LogP contribution in [0.2, 0.25) is 0 Å². The molecule has 12 heteroatoms. The van der Waals surface area contributed by atoms with E-state index in [1.807, 2.05) is 43.3 Å². The third-order valence-corrected chi connectivity index (χ3v) is 8.38. The summed E-state index contributed by atoms with van der Waals surface area (Å²) in [6.07, 6.45) is 4.10. The number of fused-ring (bicyclic) bond motifs is 1. The Morgan fingerprint density at radius 3 is 2.09 bits per heavy atom. The van der Waals surface area contributed by atoms with E-state index in [9.17, 15) is 5.11 Å². The summed E-state index contributed by atoms with van der Waals surface area (Å²) in [6, 6.07) is 11.7. The lowest BCUT2D eigenvalue weighted by Crippen LogP contribution is -2.27. The molecule has 248 valence electrons. The zero-order valence-electron chi connectivity index (χ0n) is 27.6. The van der Waals surface area contributed by atoms with Crippen LogP contribution in [0, 0.1) is 5.92 Å². The third-order valence-electron chi connectivity index (χ3n) is 8.38. The molecule has 0 saturated carbocycles. The standard InChI is InChI=1S/C34H45N5O7/c1-7-8-22(2)46-34-36-33(32-35-19-28(39(32)37-34)31(40)23-13-15-45-16-14-23)38(20-24-9-11-26(41-3)17-29(24)43-5)21-25-10-12-27(42-4)18-30(25)44-6/h9-12,17-19,22-23,31,40H,7-8,13-16,20-21H2,1-6H3. The van der Waals surface area contributed by atoms with Gasteiger partial charge in [0.05, 0.1) is 46.4 Å². The van der Waals surface area contributed by atoms with Gasteiger partial charge in [-0.15, -0.1) is 5.10 Å². The fraction of sp³-hybridized carbons (Fsp3) is 0.500. The van der Waals surface area contributed by atoms with Crippen molar-refractivity contribution in [1.29, 1.82) is 0 Å². The lowest BCUT2D eigenvalue weighted by atomic mass is 9.92. The van der Waals surface area contributed by atoms with Crippen molar-refractivity contribution in [3.8, 4) is 29.0 Å². The number of anilines is 1. The fourth-order valence-electron chi connectivity index (χ4n) is 5.83. The Bertz CT molecular complexity index is 1530. The molecule has 1 saturated heterocycles. The summed E-state index contributed by atoms with van der Waals surface area (Å²) in [5.41, 5.74) is 2.89. The first-order valence-electron chi connectivity index (χ1n) is 15.7. The molecule has 2 aromatic carbocycles. The molecule has 5 rings (SSSR count). The van der Waals surface area contributed by atoms with Crippen LogP contribution in [0.5, 0.6) is 29.0 Å². The highest BCUT2D eigenvalue weighted by molar-refractivity contribution is 5.66. The number of aromatic nitrogens is 4. The molecule has 1 fully saturated rings. The van der Waals surface area contributed by atoms with E-state index >= 15 is 0 Å². The Morgan fingerprint density at radius 2 is 1.54 bits per heavy atom. The number of hydrogen-bond acceptors (Lipinski definition) is 11. The van der Waals surface area contributed by atoms with Crippen molar-refractivity contribution in [2.45, 2.75) is 64.8 Å². The van der Waals surface area contributed by atoms with Gasteiger partial charge in [0.1, 0.15) is 29.1 Å². The van der Waals surface area contributed by atoms with Crippen molar-refractivity contribution in [1.82, 2.24) is 19.6 Å². The molecule has 0 radical (unpaired) electrons. The maximum Gasteiger partial charge on any atom is 0.336 e. The fourth-order valence-corrected chi connectivity index (χ4v) is 5.83. The van der Waals surface area contributed by atoms with Gasteiger partial charge in [0.25, 0.3) is 0 Å². The van der Waals surface area contributed by atoms with Crippen molar-refractivity contribution in [2.24, 2.45) is 5.92 Å². The van der Waals surface area contributed by atoms with Crippen LogP contribution in [0.4, 0.5) is 5.82 Å². The predicted octanol–water partition coefficient (Wildman–Crippen LogP) is 5.39. The van der Waals surface area contributed by atoms with Crippen LogP contribution in [-0.4, -0.2) is 72.4 Å². The first kappa shape index (κ1) is 33.1. The molecule has 0 amide bonds. The molecule has 4 aromatic rings. The zero-order chi connectivity index (χ0) is 32.6. The number of methoxy groups -OCH3 is 4. The Balaban J connectivity index is 1.66. The minimum atomic E-state index is -0.778. The molecule has 2 unspecified atom stereocenters. The highest BCUT2D eigenvalue weighted by Gasteiger charge is 2.29. The number of imidazole rings is 1. The molecule has 2 atom stereocenters. The van der Waals surface area contributed by atoms with E-state index in [4.69, 9.17) is 43.5 Å². The number of nitrogens with zero attached hydrogens (tertiary/aromatic N) is 5. The van der Waals surface area contributed by atoms with Gasteiger partial charge in [0.15, 0.2) is 11.5 Å². The number of rotatable bonds is 15. The Kier molecular flexibility index (Phi) is 11.0. The summed E-state index contributed by atoms with van der Waals surface area (Å²) in [5, 5.41) is 16.3. The first-order valence-corrected chi connectivity index (χ1v) is 15.7. The van der Waals surface area contributed by atoms with Gasteiger partial charge >= 0.3 is 6.01 Å². The molecular formula is C34H45N5O7. The Hall–Kier alpha value is -4.29. The number of aliphatic hydroxyl groups excluding tert-OH is 1. The minimum absolute atomic E-state index is 0.0265. The molecule has 3 heterocycles. The predicted molar refractivity (Wildman–Crippen MR) is 173 cm³/mol. The summed E-state index contributed by atoms with van der Waals surface area (Å²) in [6.45, 7) is 6.13. The number of benzene rings is 2. The minimum Gasteiger partial charge on any atom is -0.497 e. The molecule has 2 aromatic heterocycles. The molecule has 1 aliphatic heterocycles. The van der Waals surface area contributed by atoms with E-state index in [2.05, 4.69) is 11.8 Å². The van der Waals surface area contributed by atoms with Gasteiger partial charge < -0.3 is 38.4 Å². The first-order chi connectivity index (χ1) is 22.4. The van der Waals surface area contributed by atoms with Crippen LogP contribution in [0.15, 0.2) is 42.6 Å². The second-order valence-corrected chi connectivity index (χ2v) is 11.5. The second kappa shape index (κ2) is 15.3. The summed E-state index contributed by atoms with van der Waals surface area (Å²) in [7, 11) is 6.52. The molecule has 0 aliphatic carbocycles. The van der Waals surface area contributed by atoms with E-state index in [-0.39, 0.29) is 18.0 Å². The quantitative estimate of drug-likeness (QED) is 0.181. The van der Waals surface area contributed by atoms with Gasteiger partial charge in [-0.25, -0.2) is 9.50 Å². The van der Waals surface area contributed by atoms with Gasteiger partial charge in [-0.2, -0.15) is 4.98 Å². The van der Waals surface area contributed by atoms with Crippen molar-refractivity contribution >= 4 is 11.5 Å². The van der Waals surface area contributed by atoms with E-state index in [1.54, 1.807) is 39.2 Å². The summed E-state index contributed by atoms with van der Waals surface area (Å²) < 4.78 is 36.0. The lowest BCUT2D eigenvalue weighted by molar-refractivity contribution is 0.00482. The average molecular weight is 636 g/mol. The van der Waals surface area contributed by atoms with Gasteiger partial charge in [-0.1, -0.05) is 13.3 Å². The maximum absolute atomic E-state index is 11.5. The topological polar surface area (TPSA) is 122 Å². The molecule has 1 N–H and O–H groups in total. The van der Waals surface area contributed by atoms with Gasteiger partial charge in [0.2, 0.25) is 0 Å². The van der Waals surface area contributed by atoms with Crippen LogP contribution in [-0.2, 0) is 17.8 Å². The molecule has 1 aliphatic rings. The largest absolute Gasteiger partial charge is 0.497 e. The average Bonchev–Trinajstić information content (AvgIpc) is 3.51. The van der Waals surface area contributed by atoms with Gasteiger partial charge in [-0.3, -0.25) is 0 Å². The lowest BCUT2D eigenvalue weighted by Gasteiger charge is -2.28. The molecule has 0 bridgehead atoms. The van der Waals surface area contributed by atoms with Crippen molar-refractivity contribution < 1.29 is 33.5 Å². The highest BCUT2D eigenvalue weighted by atomic mass is 16.5. The van der Waals surface area contributed by atoms with Crippen LogP contribution < -0.4 is 28.6 Å². The second-order valence-electron chi connectivity index (χ2n) is 11.5. The normalized spacial score (nSPS) is 14.9. The monoisotopic (exact) mass is 635 g/mol. The van der Waals surface area contributed by atoms with E-state index < -0.39 is 6.10 Å². The maximum atomic E-state index is 11.5. The number of hydrogen-bond donors (Lipinski definition) is 1. The molecule has 46 heavy (non-hydrogen) atoms. The number of aliphatic hydroxyl groups is 1.